The monoisotopic (exact) mass is 782 g/mol. The summed E-state index contributed by atoms with van der Waals surface area (Å²) in [5.74, 6) is 0.450. The molecule has 1 aromatic heterocycles. The second-order valence-corrected chi connectivity index (χ2v) is 13.8. The number of benzene rings is 3. The normalized spacial score (nSPS) is 15.1. The Labute approximate surface area is 323 Å². The molecule has 0 unspecified atom stereocenters. The number of rotatable bonds is 18. The largest absolute Gasteiger partial charge is 0.492 e. The van der Waals surface area contributed by atoms with Crippen molar-refractivity contribution in [3.05, 3.63) is 104 Å². The van der Waals surface area contributed by atoms with Crippen molar-refractivity contribution in [2.75, 3.05) is 32.8 Å². The van der Waals surface area contributed by atoms with Crippen molar-refractivity contribution in [3.63, 3.8) is 0 Å². The van der Waals surface area contributed by atoms with E-state index in [9.17, 15) is 20.3 Å². The highest BCUT2D eigenvalue weighted by Gasteiger charge is 2.29. The van der Waals surface area contributed by atoms with Crippen LogP contribution in [0.2, 0.25) is 15.1 Å². The highest BCUT2D eigenvalue weighted by molar-refractivity contribution is 6.37. The number of carboxylic acids is 1. The van der Waals surface area contributed by atoms with Gasteiger partial charge in [-0.3, -0.25) is 14.7 Å². The Morgan fingerprint density at radius 2 is 1.74 bits per heavy atom. The van der Waals surface area contributed by atoms with Crippen LogP contribution in [0.5, 0.6) is 17.2 Å². The third kappa shape index (κ3) is 11.0. The molecule has 3 aromatic carbocycles. The molecule has 0 bridgehead atoms. The van der Waals surface area contributed by atoms with Gasteiger partial charge in [-0.25, -0.2) is 0 Å². The number of nitrogens with one attached hydrogen (secondary N) is 1. The fourth-order valence-electron chi connectivity index (χ4n) is 6.01. The third-order valence-corrected chi connectivity index (χ3v) is 9.90. The van der Waals surface area contributed by atoms with Crippen LogP contribution in [0.25, 0.3) is 11.1 Å². The number of hydrogen-bond acceptors (Lipinski definition) is 10. The number of carboxylic acid groups (broad SMARTS) is 1. The maximum absolute atomic E-state index is 12.0. The summed E-state index contributed by atoms with van der Waals surface area (Å²) in [4.78, 5) is 18.1. The lowest BCUT2D eigenvalue weighted by Gasteiger charge is -2.33. The molecule has 1 fully saturated rings. The highest BCUT2D eigenvalue weighted by atomic mass is 35.5. The van der Waals surface area contributed by atoms with E-state index in [1.165, 1.54) is 6.20 Å². The lowest BCUT2D eigenvalue weighted by atomic mass is 10.0. The van der Waals surface area contributed by atoms with E-state index in [4.69, 9.17) is 54.1 Å². The van der Waals surface area contributed by atoms with E-state index < -0.39 is 18.1 Å². The van der Waals surface area contributed by atoms with Crippen molar-refractivity contribution in [1.82, 2.24) is 15.2 Å². The molecule has 1 saturated heterocycles. The van der Waals surface area contributed by atoms with E-state index in [0.29, 0.717) is 111 Å². The summed E-state index contributed by atoms with van der Waals surface area (Å²) in [5.41, 5.74) is 3.86. The number of likely N-dealkylation sites (tertiary alicyclic amines) is 1. The van der Waals surface area contributed by atoms with E-state index in [-0.39, 0.29) is 19.8 Å². The fraction of sp³-hybridized carbons (Fsp3) is 0.359. The molecule has 2 heterocycles. The summed E-state index contributed by atoms with van der Waals surface area (Å²) in [6.07, 6.45) is 5.25. The Balaban J connectivity index is 1.32. The van der Waals surface area contributed by atoms with Crippen molar-refractivity contribution >= 4 is 40.8 Å². The molecule has 0 aliphatic carbocycles. The molecule has 4 aromatic rings. The number of aliphatic hydroxyl groups is 2. The Bertz CT molecular complexity index is 1910. The van der Waals surface area contributed by atoms with Gasteiger partial charge in [0, 0.05) is 59.4 Å². The molecule has 280 valence electrons. The van der Waals surface area contributed by atoms with Crippen LogP contribution in [0.3, 0.4) is 0 Å². The minimum Gasteiger partial charge on any atom is -0.492 e. The molecule has 2 atom stereocenters. The Kier molecular flexibility index (Phi) is 15.0. The maximum atomic E-state index is 12.0. The van der Waals surface area contributed by atoms with Crippen LogP contribution >= 0.6 is 34.8 Å². The van der Waals surface area contributed by atoms with Gasteiger partial charge in [0.1, 0.15) is 42.6 Å². The van der Waals surface area contributed by atoms with E-state index in [0.717, 1.165) is 12.8 Å². The number of piperidine rings is 1. The van der Waals surface area contributed by atoms with Crippen LogP contribution < -0.4 is 19.5 Å². The summed E-state index contributed by atoms with van der Waals surface area (Å²) in [6, 6.07) is 17.6. The molecule has 0 saturated carbocycles. The van der Waals surface area contributed by atoms with Crippen LogP contribution in [0, 0.1) is 11.3 Å². The number of carbonyl (C=O) groups is 1. The van der Waals surface area contributed by atoms with Gasteiger partial charge in [0.15, 0.2) is 0 Å². The number of aromatic nitrogens is 1. The molecule has 53 heavy (non-hydrogen) atoms. The minimum absolute atomic E-state index is 0.0678. The van der Waals surface area contributed by atoms with Crippen LogP contribution in [-0.2, 0) is 24.6 Å². The van der Waals surface area contributed by atoms with Crippen LogP contribution in [0.1, 0.15) is 47.9 Å². The summed E-state index contributed by atoms with van der Waals surface area (Å²) in [7, 11) is 0. The fourth-order valence-corrected chi connectivity index (χ4v) is 6.81. The van der Waals surface area contributed by atoms with Gasteiger partial charge >= 0.3 is 5.97 Å². The molecule has 11 nitrogen and oxygen atoms in total. The topological polar surface area (TPSA) is 157 Å². The first-order valence-electron chi connectivity index (χ1n) is 17.3. The zero-order valence-corrected chi connectivity index (χ0v) is 31.2. The van der Waals surface area contributed by atoms with Gasteiger partial charge in [0.2, 0.25) is 0 Å². The Hall–Kier alpha value is -4.12. The quantitative estimate of drug-likeness (QED) is 0.0780. The molecular weight excluding hydrogens is 743 g/mol. The first-order chi connectivity index (χ1) is 25.7. The molecule has 1 aliphatic heterocycles. The number of halogens is 3. The third-order valence-electron chi connectivity index (χ3n) is 8.77. The van der Waals surface area contributed by atoms with Gasteiger partial charge in [-0.05, 0) is 50.6 Å². The van der Waals surface area contributed by atoms with Gasteiger partial charge in [-0.1, -0.05) is 71.6 Å². The number of pyridine rings is 1. The molecule has 0 radical (unpaired) electrons. The average Bonchev–Trinajstić information content (AvgIpc) is 3.16. The van der Waals surface area contributed by atoms with Crippen LogP contribution in [0.15, 0.2) is 67.0 Å². The number of nitrogens with zero attached hydrogens (tertiary/aromatic N) is 3. The summed E-state index contributed by atoms with van der Waals surface area (Å²) in [6.45, 7) is 2.10. The summed E-state index contributed by atoms with van der Waals surface area (Å²) >= 11 is 20.5. The van der Waals surface area contributed by atoms with Crippen LogP contribution in [-0.4, -0.2) is 76.2 Å². The molecular formula is C39H41Cl3N4O7. The molecule has 1 aliphatic rings. The molecule has 0 amide bonds. The highest BCUT2D eigenvalue weighted by Crippen LogP contribution is 2.41. The number of ether oxygens (including phenoxy) is 3. The number of hydrogen-bond donors (Lipinski definition) is 4. The predicted molar refractivity (Wildman–Crippen MR) is 203 cm³/mol. The number of nitriles is 1. The standard InChI is InChI=1S/C39H41Cl3N4O7/c40-32-15-28(21-46-12-2-1-9-33(46)39(49)50)35(52-23-26-14-25(17-43)18-45-19-26)16-36(32)53-24-27-6-3-7-30(37(27)41)31-8-4-10-34(38(31)42)51-13-5-11-44-20-29(48)22-47/h3-4,6-8,10,14-16,18-19,29,33,44,47-48H,1-2,5,9,11-13,20-24H2,(H,49,50)/t29-,33-/m0/s1. The Morgan fingerprint density at radius 3 is 2.51 bits per heavy atom. The van der Waals surface area contributed by atoms with Crippen molar-refractivity contribution in [2.24, 2.45) is 0 Å². The first kappa shape index (κ1) is 40.1. The molecule has 14 heteroatoms. The van der Waals surface area contributed by atoms with Crippen molar-refractivity contribution in [1.29, 1.82) is 5.26 Å². The second-order valence-electron chi connectivity index (χ2n) is 12.6. The van der Waals surface area contributed by atoms with Gasteiger partial charge in [-0.2, -0.15) is 5.26 Å². The van der Waals surface area contributed by atoms with Gasteiger partial charge in [-0.15, -0.1) is 0 Å². The maximum Gasteiger partial charge on any atom is 0.320 e. The van der Waals surface area contributed by atoms with E-state index >= 15 is 0 Å². The van der Waals surface area contributed by atoms with E-state index in [1.807, 2.05) is 35.2 Å². The average molecular weight is 784 g/mol. The van der Waals surface area contributed by atoms with Crippen LogP contribution in [0.4, 0.5) is 0 Å². The minimum atomic E-state index is -0.863. The van der Waals surface area contributed by atoms with Crippen molar-refractivity contribution in [2.45, 2.75) is 57.6 Å². The first-order valence-corrected chi connectivity index (χ1v) is 18.4. The van der Waals surface area contributed by atoms with Gasteiger partial charge < -0.3 is 34.8 Å². The van der Waals surface area contributed by atoms with E-state index in [2.05, 4.69) is 16.4 Å². The van der Waals surface area contributed by atoms with Crippen molar-refractivity contribution < 1.29 is 34.3 Å². The molecule has 0 spiro atoms. The smallest absolute Gasteiger partial charge is 0.320 e. The summed E-state index contributed by atoms with van der Waals surface area (Å²) < 4.78 is 18.4. The van der Waals surface area contributed by atoms with Gasteiger partial charge in [0.05, 0.1) is 39.9 Å². The summed E-state index contributed by atoms with van der Waals surface area (Å²) in [5, 5.41) is 41.8. The molecule has 5 rings (SSSR count). The zero-order chi connectivity index (χ0) is 37.7. The predicted octanol–water partition coefficient (Wildman–Crippen LogP) is 6.89. The lowest BCUT2D eigenvalue weighted by Crippen LogP contribution is -2.44. The number of aliphatic carboxylic acids is 1. The SMILES string of the molecule is N#Cc1cncc(COc2cc(OCc3cccc(-c4cccc(OCCCNC[C@H](O)CO)c4Cl)c3Cl)c(Cl)cc2CN2CCCC[C@H]2C(=O)O)c1. The number of aliphatic hydroxyl groups excluding tert-OH is 2. The Morgan fingerprint density at radius 1 is 0.962 bits per heavy atom. The lowest BCUT2D eigenvalue weighted by molar-refractivity contribution is -0.144. The van der Waals surface area contributed by atoms with Crippen molar-refractivity contribution in [3.8, 4) is 34.4 Å². The molecule has 4 N–H and O–H groups in total. The van der Waals surface area contributed by atoms with E-state index in [1.54, 1.807) is 30.5 Å². The van der Waals surface area contributed by atoms with Gasteiger partial charge in [0.25, 0.3) is 0 Å². The second kappa shape index (κ2) is 19.8. The zero-order valence-electron chi connectivity index (χ0n) is 28.9.